The molecule has 0 spiro atoms. The highest BCUT2D eigenvalue weighted by Gasteiger charge is 1.95. The Hall–Kier alpha value is -1.90. The summed E-state index contributed by atoms with van der Waals surface area (Å²) in [6.45, 7) is 2.97. The molecule has 1 aromatic rings. The number of rotatable bonds is 7. The summed E-state index contributed by atoms with van der Waals surface area (Å²) in [5.74, 6) is 8.39. The van der Waals surface area contributed by atoms with Gasteiger partial charge in [-0.2, -0.15) is 0 Å². The summed E-state index contributed by atoms with van der Waals surface area (Å²) in [5.41, 5.74) is 0.814. The van der Waals surface area contributed by atoms with Crippen molar-refractivity contribution in [3.63, 3.8) is 0 Å². The Morgan fingerprint density at radius 3 is 2.50 bits per heavy atom. The first-order chi connectivity index (χ1) is 9.76. The molecule has 0 aliphatic rings. The molecule has 20 heavy (non-hydrogen) atoms. The second kappa shape index (κ2) is 9.96. The van der Waals surface area contributed by atoms with Gasteiger partial charge in [-0.05, 0) is 30.7 Å². The molecule has 106 valence electrons. The molecule has 0 aliphatic carbocycles. The number of ether oxygens (including phenoxy) is 1. The first-order valence-corrected chi connectivity index (χ1v) is 7.15. The summed E-state index contributed by atoms with van der Waals surface area (Å²) in [6.07, 6.45) is 10.2. The van der Waals surface area contributed by atoms with Gasteiger partial charge in [0.2, 0.25) is 0 Å². The summed E-state index contributed by atoms with van der Waals surface area (Å²) >= 11 is 0. The van der Waals surface area contributed by atoms with E-state index in [-0.39, 0.29) is 0 Å². The van der Waals surface area contributed by atoms with Gasteiger partial charge in [0.1, 0.15) is 5.75 Å². The number of aliphatic hydroxyl groups is 1. The minimum Gasteiger partial charge on any atom is -0.494 e. The van der Waals surface area contributed by atoms with Crippen LogP contribution in [-0.2, 0) is 0 Å². The number of unbranched alkanes of at least 4 members (excludes halogenated alkanes) is 4. The SMILES string of the molecule is C#CC(O)C#Cc1ccc(OCCCCCCC)cc1. The smallest absolute Gasteiger partial charge is 0.176 e. The second-order valence-corrected chi connectivity index (χ2v) is 4.63. The van der Waals surface area contributed by atoms with Crippen LogP contribution in [0.1, 0.15) is 44.6 Å². The molecule has 1 atom stereocenters. The van der Waals surface area contributed by atoms with Gasteiger partial charge in [0.25, 0.3) is 0 Å². The highest BCUT2D eigenvalue weighted by molar-refractivity contribution is 5.39. The van der Waals surface area contributed by atoms with Gasteiger partial charge in [0, 0.05) is 5.56 Å². The van der Waals surface area contributed by atoms with E-state index in [4.69, 9.17) is 16.3 Å². The van der Waals surface area contributed by atoms with Gasteiger partial charge in [-0.15, -0.1) is 6.42 Å². The van der Waals surface area contributed by atoms with Crippen molar-refractivity contribution in [2.75, 3.05) is 6.61 Å². The molecule has 2 heteroatoms. The van der Waals surface area contributed by atoms with Crippen LogP contribution in [0.4, 0.5) is 0 Å². The number of benzene rings is 1. The van der Waals surface area contributed by atoms with Crippen LogP contribution in [0.5, 0.6) is 5.75 Å². The third kappa shape index (κ3) is 6.88. The molecule has 1 unspecified atom stereocenters. The maximum atomic E-state index is 9.14. The molecule has 2 nitrogen and oxygen atoms in total. The lowest BCUT2D eigenvalue weighted by Gasteiger charge is -2.05. The van der Waals surface area contributed by atoms with Crippen molar-refractivity contribution < 1.29 is 9.84 Å². The minimum absolute atomic E-state index is 0.755. The predicted molar refractivity (Wildman–Crippen MR) is 82.4 cm³/mol. The summed E-state index contributed by atoms with van der Waals surface area (Å²) in [7, 11) is 0. The Bertz CT molecular complexity index is 471. The second-order valence-electron chi connectivity index (χ2n) is 4.63. The summed E-state index contributed by atoms with van der Waals surface area (Å²) in [4.78, 5) is 0. The summed E-state index contributed by atoms with van der Waals surface area (Å²) in [6, 6.07) is 7.50. The number of hydrogen-bond acceptors (Lipinski definition) is 2. The first-order valence-electron chi connectivity index (χ1n) is 7.15. The zero-order valence-corrected chi connectivity index (χ0v) is 12.1. The lowest BCUT2D eigenvalue weighted by molar-refractivity contribution is 0.290. The van der Waals surface area contributed by atoms with Crippen LogP contribution in [0.25, 0.3) is 0 Å². The lowest BCUT2D eigenvalue weighted by atomic mass is 10.2. The third-order valence-electron chi connectivity index (χ3n) is 2.88. The molecule has 0 radical (unpaired) electrons. The molecule has 0 bridgehead atoms. The van der Waals surface area contributed by atoms with E-state index >= 15 is 0 Å². The van der Waals surface area contributed by atoms with Gasteiger partial charge >= 0.3 is 0 Å². The van der Waals surface area contributed by atoms with Crippen LogP contribution in [0.15, 0.2) is 24.3 Å². The molecular formula is C18H22O2. The van der Waals surface area contributed by atoms with Gasteiger partial charge < -0.3 is 9.84 Å². The molecule has 1 aromatic carbocycles. The molecule has 0 aliphatic heterocycles. The third-order valence-corrected chi connectivity index (χ3v) is 2.88. The van der Waals surface area contributed by atoms with E-state index in [2.05, 4.69) is 24.7 Å². The molecule has 0 heterocycles. The Morgan fingerprint density at radius 1 is 1.15 bits per heavy atom. The van der Waals surface area contributed by atoms with E-state index in [1.54, 1.807) is 0 Å². The van der Waals surface area contributed by atoms with E-state index in [0.717, 1.165) is 24.3 Å². The minimum atomic E-state index is -1.01. The first kappa shape index (κ1) is 16.2. The Morgan fingerprint density at radius 2 is 1.85 bits per heavy atom. The average molecular weight is 270 g/mol. The summed E-state index contributed by atoms with van der Waals surface area (Å²) in [5, 5.41) is 9.14. The van der Waals surface area contributed by atoms with Crippen molar-refractivity contribution in [1.29, 1.82) is 0 Å². The van der Waals surface area contributed by atoms with Crippen LogP contribution in [0, 0.1) is 24.2 Å². The van der Waals surface area contributed by atoms with Gasteiger partial charge in [0.15, 0.2) is 6.10 Å². The molecule has 0 fully saturated rings. The molecule has 1 rings (SSSR count). The highest BCUT2D eigenvalue weighted by atomic mass is 16.5. The van der Waals surface area contributed by atoms with Gasteiger partial charge in [-0.1, -0.05) is 50.4 Å². The lowest BCUT2D eigenvalue weighted by Crippen LogP contribution is -1.97. The van der Waals surface area contributed by atoms with Crippen LogP contribution >= 0.6 is 0 Å². The van der Waals surface area contributed by atoms with E-state index in [1.807, 2.05) is 24.3 Å². The number of hydrogen-bond donors (Lipinski definition) is 1. The number of aliphatic hydroxyl groups excluding tert-OH is 1. The maximum Gasteiger partial charge on any atom is 0.176 e. The Labute approximate surface area is 122 Å². The molecule has 0 saturated heterocycles. The van der Waals surface area contributed by atoms with E-state index in [1.165, 1.54) is 25.7 Å². The monoisotopic (exact) mass is 270 g/mol. The van der Waals surface area contributed by atoms with Crippen molar-refractivity contribution in [2.24, 2.45) is 0 Å². The highest BCUT2D eigenvalue weighted by Crippen LogP contribution is 2.12. The maximum absolute atomic E-state index is 9.14. The largest absolute Gasteiger partial charge is 0.494 e. The molecular weight excluding hydrogens is 248 g/mol. The summed E-state index contributed by atoms with van der Waals surface area (Å²) < 4.78 is 5.66. The van der Waals surface area contributed by atoms with Gasteiger partial charge in [-0.25, -0.2) is 0 Å². The van der Waals surface area contributed by atoms with Gasteiger partial charge in [0.05, 0.1) is 6.61 Å². The van der Waals surface area contributed by atoms with Gasteiger partial charge in [-0.3, -0.25) is 0 Å². The Balaban J connectivity index is 2.32. The zero-order valence-electron chi connectivity index (χ0n) is 12.1. The van der Waals surface area contributed by atoms with E-state index in [9.17, 15) is 0 Å². The predicted octanol–water partition coefficient (Wildman–Crippen LogP) is 3.38. The van der Waals surface area contributed by atoms with E-state index < -0.39 is 6.10 Å². The zero-order chi connectivity index (χ0) is 14.6. The normalized spacial score (nSPS) is 11.1. The molecule has 1 N–H and O–H groups in total. The van der Waals surface area contributed by atoms with Crippen molar-refractivity contribution in [3.05, 3.63) is 29.8 Å². The number of terminal acetylenes is 1. The standard InChI is InChI=1S/C18H22O2/c1-3-5-6-7-8-15-20-18-13-10-16(11-14-18)9-12-17(19)4-2/h2,10-11,13-14,17,19H,3,5-8,15H2,1H3. The van der Waals surface area contributed by atoms with Crippen molar-refractivity contribution in [1.82, 2.24) is 0 Å². The Kier molecular flexibility index (Phi) is 8.04. The van der Waals surface area contributed by atoms with Crippen LogP contribution in [0.3, 0.4) is 0 Å². The fraction of sp³-hybridized carbons (Fsp3) is 0.444. The van der Waals surface area contributed by atoms with E-state index in [0.29, 0.717) is 0 Å². The van der Waals surface area contributed by atoms with Crippen molar-refractivity contribution in [2.45, 2.75) is 45.1 Å². The fourth-order valence-electron chi connectivity index (χ4n) is 1.72. The van der Waals surface area contributed by atoms with Crippen molar-refractivity contribution >= 4 is 0 Å². The quantitative estimate of drug-likeness (QED) is 0.608. The average Bonchev–Trinajstić information content (AvgIpc) is 2.49. The van der Waals surface area contributed by atoms with Crippen LogP contribution in [0.2, 0.25) is 0 Å². The molecule has 0 amide bonds. The van der Waals surface area contributed by atoms with Crippen LogP contribution in [-0.4, -0.2) is 17.8 Å². The van der Waals surface area contributed by atoms with Crippen LogP contribution < -0.4 is 4.74 Å². The molecule has 0 aromatic heterocycles. The topological polar surface area (TPSA) is 29.5 Å². The molecule has 0 saturated carbocycles. The fourth-order valence-corrected chi connectivity index (χ4v) is 1.72. The van der Waals surface area contributed by atoms with Crippen molar-refractivity contribution in [3.8, 4) is 29.9 Å².